The maximum atomic E-state index is 5.73. The first-order valence-electron chi connectivity index (χ1n) is 4.70. The summed E-state index contributed by atoms with van der Waals surface area (Å²) in [5.41, 5.74) is 0. The average molecular weight is 210 g/mol. The first-order chi connectivity index (χ1) is 5.40. The molecule has 2 aliphatic heterocycles. The van der Waals surface area contributed by atoms with Crippen LogP contribution in [0.15, 0.2) is 0 Å². The highest BCUT2D eigenvalue weighted by Gasteiger charge is 2.32. The molecule has 0 atom stereocenters. The molecule has 0 N–H and O–H groups in total. The van der Waals surface area contributed by atoms with Gasteiger partial charge in [0.05, 0.1) is 0 Å². The molecule has 72 valence electrons. The molecule has 3 fully saturated rings. The van der Waals surface area contributed by atoms with Gasteiger partial charge in [0.2, 0.25) is 0 Å². The van der Waals surface area contributed by atoms with Gasteiger partial charge in [0.15, 0.2) is 0 Å². The molecule has 2 heterocycles. The third-order valence-corrected chi connectivity index (χ3v) is 3.37. The first-order valence-corrected chi connectivity index (χ1v) is 5.23. The largest absolute Gasteiger partial charge is 0.299 e. The molecule has 1 saturated carbocycles. The zero-order valence-electron chi connectivity index (χ0n) is 7.34. The number of fused-ring (bicyclic) bond motifs is 3. The third kappa shape index (κ3) is 2.07. The van der Waals surface area contributed by atoms with E-state index in [1.54, 1.807) is 0 Å². The predicted octanol–water partition coefficient (Wildman–Crippen LogP) is 2.52. The molecule has 12 heavy (non-hydrogen) atoms. The summed E-state index contributed by atoms with van der Waals surface area (Å²) in [6.45, 7) is 2.44. The van der Waals surface area contributed by atoms with E-state index < -0.39 is 0 Å². The van der Waals surface area contributed by atoms with Crippen LogP contribution in [0.5, 0.6) is 0 Å². The topological polar surface area (TPSA) is 3.24 Å². The fourth-order valence-corrected chi connectivity index (χ4v) is 2.77. The number of hydrogen-bond acceptors (Lipinski definition) is 1. The Morgan fingerprint density at radius 1 is 1.17 bits per heavy atom. The van der Waals surface area contributed by atoms with E-state index in [1.165, 1.54) is 32.2 Å². The van der Waals surface area contributed by atoms with Crippen LogP contribution < -0.4 is 0 Å². The fourth-order valence-electron chi connectivity index (χ4n) is 2.56. The summed E-state index contributed by atoms with van der Waals surface area (Å²) in [7, 11) is 0. The Kier molecular flexibility index (Phi) is 4.15. The first kappa shape index (κ1) is 10.6. The molecule has 0 amide bonds. The molecule has 1 aliphatic carbocycles. The molecule has 3 rings (SSSR count). The molecule has 0 radical (unpaired) electrons. The van der Waals surface area contributed by atoms with Crippen LogP contribution in [0.3, 0.4) is 0 Å². The molecule has 3 aliphatic rings. The molecule has 0 aromatic rings. The molecular formula is C9H17Cl2N. The summed E-state index contributed by atoms with van der Waals surface area (Å²) in [6, 6.07) is 0.888. The van der Waals surface area contributed by atoms with Crippen molar-refractivity contribution in [2.75, 3.05) is 19.0 Å². The van der Waals surface area contributed by atoms with Gasteiger partial charge in [-0.2, -0.15) is 0 Å². The summed E-state index contributed by atoms with van der Waals surface area (Å²) in [5.74, 6) is 1.81. The van der Waals surface area contributed by atoms with Crippen molar-refractivity contribution in [2.45, 2.75) is 31.7 Å². The van der Waals surface area contributed by atoms with Crippen molar-refractivity contribution in [1.82, 2.24) is 4.90 Å². The average Bonchev–Trinajstić information content (AvgIpc) is 2.07. The van der Waals surface area contributed by atoms with E-state index in [-0.39, 0.29) is 12.4 Å². The van der Waals surface area contributed by atoms with Crippen LogP contribution in [0.2, 0.25) is 0 Å². The Morgan fingerprint density at radius 2 is 1.83 bits per heavy atom. The van der Waals surface area contributed by atoms with E-state index in [2.05, 4.69) is 4.90 Å². The normalized spacial score (nSPS) is 34.8. The monoisotopic (exact) mass is 209 g/mol. The molecule has 0 aromatic heterocycles. The minimum Gasteiger partial charge on any atom is -0.299 e. The molecule has 3 heteroatoms. The van der Waals surface area contributed by atoms with Crippen molar-refractivity contribution in [3.05, 3.63) is 0 Å². The van der Waals surface area contributed by atoms with E-state index in [4.69, 9.17) is 11.6 Å². The number of alkyl halides is 1. The predicted molar refractivity (Wildman–Crippen MR) is 55.3 cm³/mol. The molecule has 2 saturated heterocycles. The summed E-state index contributed by atoms with van der Waals surface area (Å²) in [6.07, 6.45) is 5.82. The van der Waals surface area contributed by atoms with Crippen LogP contribution in [0.4, 0.5) is 0 Å². The van der Waals surface area contributed by atoms with Gasteiger partial charge in [-0.05, 0) is 31.6 Å². The van der Waals surface area contributed by atoms with Crippen molar-refractivity contribution in [2.24, 2.45) is 5.92 Å². The number of rotatable bonds is 2. The maximum Gasteiger partial charge on any atom is 0.0351 e. The van der Waals surface area contributed by atoms with Gasteiger partial charge in [-0.25, -0.2) is 0 Å². The van der Waals surface area contributed by atoms with Gasteiger partial charge in [-0.15, -0.1) is 24.0 Å². The molecule has 1 nitrogen and oxygen atoms in total. The minimum atomic E-state index is 0. The quantitative estimate of drug-likeness (QED) is 0.633. The summed E-state index contributed by atoms with van der Waals surface area (Å²) in [4.78, 5) is 2.59. The summed E-state index contributed by atoms with van der Waals surface area (Å²) in [5, 5.41) is 0. The SMILES string of the molecule is Cl.ClCCN1CC2CCC1CC2. The van der Waals surface area contributed by atoms with E-state index in [1.807, 2.05) is 0 Å². The highest BCUT2D eigenvalue weighted by molar-refractivity contribution is 6.18. The standard InChI is InChI=1S/C9H16ClN.ClH/c10-5-6-11-7-8-1-3-9(11)4-2-8;/h8-9H,1-7H2;1H. The minimum absolute atomic E-state index is 0. The van der Waals surface area contributed by atoms with E-state index in [9.17, 15) is 0 Å². The maximum absolute atomic E-state index is 5.73. The second-order valence-corrected chi connectivity index (χ2v) is 4.24. The number of nitrogens with zero attached hydrogens (tertiary/aromatic N) is 1. The van der Waals surface area contributed by atoms with Crippen LogP contribution in [0, 0.1) is 5.92 Å². The smallest absolute Gasteiger partial charge is 0.0351 e. The van der Waals surface area contributed by atoms with Gasteiger partial charge < -0.3 is 0 Å². The van der Waals surface area contributed by atoms with Crippen LogP contribution >= 0.6 is 24.0 Å². The van der Waals surface area contributed by atoms with Crippen molar-refractivity contribution < 1.29 is 0 Å². The van der Waals surface area contributed by atoms with Gasteiger partial charge in [0.25, 0.3) is 0 Å². The zero-order chi connectivity index (χ0) is 7.68. The van der Waals surface area contributed by atoms with E-state index in [0.717, 1.165) is 24.4 Å². The van der Waals surface area contributed by atoms with Gasteiger partial charge in [0, 0.05) is 25.0 Å². The second-order valence-electron chi connectivity index (χ2n) is 3.86. The van der Waals surface area contributed by atoms with Crippen molar-refractivity contribution in [3.8, 4) is 0 Å². The molecule has 2 bridgehead atoms. The van der Waals surface area contributed by atoms with Gasteiger partial charge in [0.1, 0.15) is 0 Å². The lowest BCUT2D eigenvalue weighted by molar-refractivity contribution is 0.0546. The van der Waals surface area contributed by atoms with Crippen LogP contribution in [-0.2, 0) is 0 Å². The Bertz CT molecular complexity index is 132. The molecular weight excluding hydrogens is 193 g/mol. The number of piperidine rings is 2. The molecule has 0 unspecified atom stereocenters. The third-order valence-electron chi connectivity index (χ3n) is 3.20. The fraction of sp³-hybridized carbons (Fsp3) is 1.00. The van der Waals surface area contributed by atoms with E-state index in [0.29, 0.717) is 0 Å². The Hall–Kier alpha value is 0.540. The van der Waals surface area contributed by atoms with E-state index >= 15 is 0 Å². The van der Waals surface area contributed by atoms with Crippen LogP contribution in [-0.4, -0.2) is 29.9 Å². The lowest BCUT2D eigenvalue weighted by Crippen LogP contribution is -2.48. The van der Waals surface area contributed by atoms with Crippen molar-refractivity contribution in [3.63, 3.8) is 0 Å². The van der Waals surface area contributed by atoms with Gasteiger partial charge >= 0.3 is 0 Å². The van der Waals surface area contributed by atoms with Gasteiger partial charge in [-0.1, -0.05) is 0 Å². The van der Waals surface area contributed by atoms with Crippen molar-refractivity contribution in [1.29, 1.82) is 0 Å². The van der Waals surface area contributed by atoms with Gasteiger partial charge in [-0.3, -0.25) is 4.90 Å². The highest BCUT2D eigenvalue weighted by Crippen LogP contribution is 2.34. The summed E-state index contributed by atoms with van der Waals surface area (Å²) >= 11 is 5.73. The number of hydrogen-bond donors (Lipinski definition) is 0. The Labute approximate surface area is 85.9 Å². The highest BCUT2D eigenvalue weighted by atomic mass is 35.5. The lowest BCUT2D eigenvalue weighted by atomic mass is 9.80. The second kappa shape index (κ2) is 4.69. The molecule has 0 spiro atoms. The Morgan fingerprint density at radius 3 is 2.25 bits per heavy atom. The number of halogens is 2. The van der Waals surface area contributed by atoms with Crippen molar-refractivity contribution >= 4 is 24.0 Å². The Balaban J connectivity index is 0.000000720. The van der Waals surface area contributed by atoms with Crippen LogP contribution in [0.25, 0.3) is 0 Å². The summed E-state index contributed by atoms with van der Waals surface area (Å²) < 4.78 is 0. The van der Waals surface area contributed by atoms with Crippen LogP contribution in [0.1, 0.15) is 25.7 Å². The zero-order valence-corrected chi connectivity index (χ0v) is 8.91. The lowest BCUT2D eigenvalue weighted by Gasteiger charge is -2.45. The molecule has 0 aromatic carbocycles.